The fourth-order valence-electron chi connectivity index (χ4n) is 4.00. The maximum Gasteiger partial charge on any atom is 0.194 e. The number of nitrogens with zero attached hydrogens (tertiary/aromatic N) is 3. The summed E-state index contributed by atoms with van der Waals surface area (Å²) in [5.41, 5.74) is 7.68. The van der Waals surface area contributed by atoms with Gasteiger partial charge in [0.25, 0.3) is 0 Å². The fraction of sp³-hybridized carbons (Fsp3) is 0.136. The first-order chi connectivity index (χ1) is 13.6. The number of allylic oxidation sites excluding steroid dienone is 3. The minimum atomic E-state index is -1.69. The van der Waals surface area contributed by atoms with Crippen molar-refractivity contribution in [3.05, 3.63) is 81.0 Å². The Hall–Kier alpha value is -3.53. The van der Waals surface area contributed by atoms with Gasteiger partial charge in [0.05, 0.1) is 23.4 Å². The maximum absolute atomic E-state index is 10.0. The highest BCUT2D eigenvalue weighted by Crippen LogP contribution is 2.55. The second kappa shape index (κ2) is 6.57. The Morgan fingerprint density at radius 1 is 1.07 bits per heavy atom. The highest BCUT2D eigenvalue weighted by molar-refractivity contribution is 9.10. The molecule has 0 amide bonds. The molecule has 0 saturated heterocycles. The first-order valence-corrected chi connectivity index (χ1v) is 9.30. The van der Waals surface area contributed by atoms with E-state index < -0.39 is 11.3 Å². The van der Waals surface area contributed by atoms with E-state index in [1.807, 2.05) is 48.5 Å². The molecule has 0 saturated carbocycles. The molecule has 6 heteroatoms. The average Bonchev–Trinajstić information content (AvgIpc) is 2.73. The van der Waals surface area contributed by atoms with Crippen LogP contribution in [0.15, 0.2) is 69.8 Å². The van der Waals surface area contributed by atoms with Gasteiger partial charge in [0.1, 0.15) is 18.4 Å². The quantitative estimate of drug-likeness (QED) is 0.733. The van der Waals surface area contributed by atoms with Crippen molar-refractivity contribution in [2.24, 2.45) is 11.1 Å². The van der Waals surface area contributed by atoms with E-state index in [2.05, 4.69) is 34.1 Å². The van der Waals surface area contributed by atoms with E-state index in [9.17, 15) is 15.8 Å². The monoisotopic (exact) mass is 428 g/mol. The molecule has 1 unspecified atom stereocenters. The predicted octanol–water partition coefficient (Wildman–Crippen LogP) is 4.16. The van der Waals surface area contributed by atoms with Crippen molar-refractivity contribution in [1.82, 2.24) is 0 Å². The molecule has 2 aromatic rings. The van der Waals surface area contributed by atoms with E-state index in [4.69, 9.17) is 10.5 Å². The number of para-hydroxylation sites is 1. The van der Waals surface area contributed by atoms with Gasteiger partial charge in [-0.15, -0.1) is 0 Å². The van der Waals surface area contributed by atoms with Crippen LogP contribution in [-0.2, 0) is 0 Å². The Labute approximate surface area is 170 Å². The van der Waals surface area contributed by atoms with Crippen molar-refractivity contribution in [2.45, 2.75) is 5.92 Å². The molecule has 2 aromatic carbocycles. The number of ether oxygens (including phenoxy) is 1. The molecule has 28 heavy (non-hydrogen) atoms. The molecule has 1 heterocycles. The molecule has 0 fully saturated rings. The van der Waals surface area contributed by atoms with Crippen molar-refractivity contribution in [3.8, 4) is 24.0 Å². The lowest BCUT2D eigenvalue weighted by Crippen LogP contribution is -2.40. The van der Waals surface area contributed by atoms with Gasteiger partial charge in [0.15, 0.2) is 5.41 Å². The second-order valence-corrected chi connectivity index (χ2v) is 7.52. The van der Waals surface area contributed by atoms with Crippen LogP contribution in [0.2, 0.25) is 0 Å². The van der Waals surface area contributed by atoms with Crippen LogP contribution in [0.4, 0.5) is 0 Å². The molecular formula is C22H13BrN4O. The van der Waals surface area contributed by atoms with Crippen LogP contribution < -0.4 is 10.5 Å². The summed E-state index contributed by atoms with van der Waals surface area (Å²) in [4.78, 5) is 0. The third-order valence-corrected chi connectivity index (χ3v) is 5.73. The zero-order valence-corrected chi connectivity index (χ0v) is 16.2. The normalized spacial score (nSPS) is 19.4. The van der Waals surface area contributed by atoms with E-state index in [0.717, 1.165) is 15.6 Å². The van der Waals surface area contributed by atoms with E-state index in [0.29, 0.717) is 16.9 Å². The van der Waals surface area contributed by atoms with E-state index in [1.54, 1.807) is 0 Å². The molecule has 5 nitrogen and oxygen atoms in total. The van der Waals surface area contributed by atoms with Crippen LogP contribution in [0.5, 0.6) is 5.75 Å². The van der Waals surface area contributed by atoms with Gasteiger partial charge in [0.2, 0.25) is 0 Å². The second-order valence-electron chi connectivity index (χ2n) is 6.61. The standard InChI is InChI=1S/C22H13BrN4O/c23-14-5-3-4-13(8-14)20-17-10-28-18-7-2-1-6-15(18)19(17)16(9-24)21(27)22(20,11-25)12-26/h1-8,20H,10,27H2. The zero-order chi connectivity index (χ0) is 19.9. The molecule has 1 aliphatic carbocycles. The van der Waals surface area contributed by atoms with E-state index in [1.165, 1.54) is 0 Å². The van der Waals surface area contributed by atoms with Crippen LogP contribution in [0.25, 0.3) is 5.57 Å². The Bertz CT molecular complexity index is 1180. The van der Waals surface area contributed by atoms with Gasteiger partial charge in [-0.1, -0.05) is 46.3 Å². The van der Waals surface area contributed by atoms with Crippen molar-refractivity contribution in [2.75, 3.05) is 6.61 Å². The van der Waals surface area contributed by atoms with Crippen molar-refractivity contribution in [1.29, 1.82) is 15.8 Å². The number of hydrogen-bond acceptors (Lipinski definition) is 5. The number of nitriles is 3. The number of nitrogens with two attached hydrogens (primary N) is 1. The molecule has 134 valence electrons. The predicted molar refractivity (Wildman–Crippen MR) is 106 cm³/mol. The molecule has 1 atom stereocenters. The van der Waals surface area contributed by atoms with Crippen LogP contribution in [0.1, 0.15) is 17.0 Å². The molecule has 0 spiro atoms. The number of rotatable bonds is 1. The Balaban J connectivity index is 2.11. The van der Waals surface area contributed by atoms with Crippen molar-refractivity contribution >= 4 is 21.5 Å². The molecule has 0 radical (unpaired) electrons. The smallest absolute Gasteiger partial charge is 0.194 e. The summed E-state index contributed by atoms with van der Waals surface area (Å²) < 4.78 is 6.75. The fourth-order valence-corrected chi connectivity index (χ4v) is 4.42. The minimum absolute atomic E-state index is 0.0135. The zero-order valence-electron chi connectivity index (χ0n) is 14.6. The largest absolute Gasteiger partial charge is 0.489 e. The summed E-state index contributed by atoms with van der Waals surface area (Å²) in [5, 5.41) is 29.9. The Kier molecular flexibility index (Phi) is 4.19. The van der Waals surface area contributed by atoms with Crippen molar-refractivity contribution < 1.29 is 4.74 Å². The SMILES string of the molecule is N#CC1=C(N)C(C#N)(C#N)C(c2cccc(Br)c2)C2=C1c1ccccc1OC2. The average molecular weight is 429 g/mol. The number of benzene rings is 2. The topological polar surface area (TPSA) is 107 Å². The molecule has 2 aliphatic rings. The Morgan fingerprint density at radius 3 is 2.50 bits per heavy atom. The summed E-state index contributed by atoms with van der Waals surface area (Å²) in [5.74, 6) is -0.00309. The molecule has 1 aliphatic heterocycles. The highest BCUT2D eigenvalue weighted by atomic mass is 79.9. The lowest BCUT2D eigenvalue weighted by Gasteiger charge is -2.40. The molecule has 4 rings (SSSR count). The first kappa shape index (κ1) is 17.9. The summed E-state index contributed by atoms with van der Waals surface area (Å²) in [7, 11) is 0. The minimum Gasteiger partial charge on any atom is -0.489 e. The lowest BCUT2D eigenvalue weighted by molar-refractivity contribution is 0.323. The van der Waals surface area contributed by atoms with Gasteiger partial charge in [0, 0.05) is 21.5 Å². The number of hydrogen-bond donors (Lipinski definition) is 1. The molecule has 0 aromatic heterocycles. The van der Waals surface area contributed by atoms with Crippen molar-refractivity contribution in [3.63, 3.8) is 0 Å². The van der Waals surface area contributed by atoms with Gasteiger partial charge in [-0.05, 0) is 29.3 Å². The third-order valence-electron chi connectivity index (χ3n) is 5.23. The maximum atomic E-state index is 10.0. The van der Waals surface area contributed by atoms with Crippen LogP contribution in [0.3, 0.4) is 0 Å². The van der Waals surface area contributed by atoms with Gasteiger partial charge < -0.3 is 10.5 Å². The van der Waals surface area contributed by atoms with E-state index in [-0.39, 0.29) is 17.9 Å². The summed E-state index contributed by atoms with van der Waals surface area (Å²) in [6.07, 6.45) is 0. The van der Waals surface area contributed by atoms with Gasteiger partial charge in [-0.3, -0.25) is 0 Å². The lowest BCUT2D eigenvalue weighted by atomic mass is 9.61. The molecule has 0 bridgehead atoms. The van der Waals surface area contributed by atoms with Gasteiger partial charge in [-0.25, -0.2) is 0 Å². The summed E-state index contributed by atoms with van der Waals surface area (Å²) >= 11 is 3.46. The number of fused-ring (bicyclic) bond motifs is 2. The van der Waals surface area contributed by atoms with Crippen LogP contribution >= 0.6 is 15.9 Å². The number of halogens is 1. The van der Waals surface area contributed by atoms with E-state index >= 15 is 0 Å². The molecular weight excluding hydrogens is 416 g/mol. The summed E-state index contributed by atoms with van der Waals surface area (Å²) in [6, 6.07) is 21.2. The highest BCUT2D eigenvalue weighted by Gasteiger charge is 2.52. The van der Waals surface area contributed by atoms with Crippen LogP contribution in [0, 0.1) is 39.4 Å². The molecule has 2 N–H and O–H groups in total. The van der Waals surface area contributed by atoms with Crippen LogP contribution in [-0.4, -0.2) is 6.61 Å². The first-order valence-electron chi connectivity index (χ1n) is 8.51. The van der Waals surface area contributed by atoms with Gasteiger partial charge in [-0.2, -0.15) is 15.8 Å². The summed E-state index contributed by atoms with van der Waals surface area (Å²) in [6.45, 7) is 0.174. The Morgan fingerprint density at radius 2 is 1.82 bits per heavy atom. The third kappa shape index (κ3) is 2.34. The van der Waals surface area contributed by atoms with Gasteiger partial charge >= 0.3 is 0 Å².